The fourth-order valence-electron chi connectivity index (χ4n) is 3.06. The van der Waals surface area contributed by atoms with Crippen LogP contribution in [0.2, 0.25) is 0 Å². The van der Waals surface area contributed by atoms with Gasteiger partial charge < -0.3 is 24.5 Å². The van der Waals surface area contributed by atoms with E-state index in [9.17, 15) is 27.9 Å². The molecule has 0 saturated carbocycles. The van der Waals surface area contributed by atoms with E-state index in [0.29, 0.717) is 11.3 Å². The topological polar surface area (TPSA) is 91.9 Å². The van der Waals surface area contributed by atoms with Gasteiger partial charge in [-0.3, -0.25) is 9.59 Å². The molecule has 30 heavy (non-hydrogen) atoms. The highest BCUT2D eigenvalue weighted by Gasteiger charge is 2.31. The molecule has 0 saturated heterocycles. The molecule has 0 aliphatic carbocycles. The molecule has 0 spiro atoms. The highest BCUT2D eigenvalue weighted by atomic mass is 19.4. The van der Waals surface area contributed by atoms with Gasteiger partial charge in [0.1, 0.15) is 22.8 Å². The molecule has 0 radical (unpaired) electrons. The monoisotopic (exact) mass is 422 g/mol. The zero-order valence-corrected chi connectivity index (χ0v) is 16.1. The van der Waals surface area contributed by atoms with Crippen LogP contribution in [-0.4, -0.2) is 36.5 Å². The molecule has 1 amide bonds. The molecule has 0 unspecified atom stereocenters. The van der Waals surface area contributed by atoms with Gasteiger partial charge in [-0.15, -0.1) is 13.2 Å². The first-order chi connectivity index (χ1) is 14.0. The highest BCUT2D eigenvalue weighted by Crippen LogP contribution is 2.36. The normalized spacial score (nSPS) is 11.4. The molecule has 0 atom stereocenters. The number of methoxy groups -OCH3 is 1. The van der Waals surface area contributed by atoms with Gasteiger partial charge in [-0.05, 0) is 42.8 Å². The van der Waals surface area contributed by atoms with Crippen LogP contribution in [0.25, 0.3) is 10.9 Å². The van der Waals surface area contributed by atoms with Crippen molar-refractivity contribution < 1.29 is 32.5 Å². The number of nitrogens with zero attached hydrogens (tertiary/aromatic N) is 1. The second-order valence-corrected chi connectivity index (χ2v) is 6.42. The van der Waals surface area contributed by atoms with Gasteiger partial charge in [-0.1, -0.05) is 6.07 Å². The Hall–Kier alpha value is -3.69. The van der Waals surface area contributed by atoms with E-state index in [1.807, 2.05) is 0 Å². The van der Waals surface area contributed by atoms with Crippen LogP contribution in [0.3, 0.4) is 0 Å². The Morgan fingerprint density at radius 3 is 2.33 bits per heavy atom. The number of hydrogen-bond donors (Lipinski definition) is 2. The van der Waals surface area contributed by atoms with E-state index in [-0.39, 0.29) is 16.6 Å². The number of nitrogens with one attached hydrogen (secondary N) is 1. The van der Waals surface area contributed by atoms with Crippen molar-refractivity contribution >= 4 is 22.5 Å². The van der Waals surface area contributed by atoms with Crippen molar-refractivity contribution in [3.05, 3.63) is 57.9 Å². The van der Waals surface area contributed by atoms with Gasteiger partial charge in [0, 0.05) is 12.7 Å². The standard InChI is InChI=1S/C20H17F3N2O5/c1-10-4-9-13-14(17(10)29-3)16(26)15(18(27)24-13)19(28)25(2)11-5-7-12(8-6-11)30-20(21,22)23/h4-9H,1-3H3,(H2,24,26,27). The number of pyridine rings is 1. The molecule has 0 fully saturated rings. The lowest BCUT2D eigenvalue weighted by Gasteiger charge is -2.19. The molecule has 0 bridgehead atoms. The van der Waals surface area contributed by atoms with E-state index in [4.69, 9.17) is 4.74 Å². The molecule has 0 aliphatic heterocycles. The van der Waals surface area contributed by atoms with Gasteiger partial charge in [0.25, 0.3) is 11.5 Å². The molecule has 1 heterocycles. The van der Waals surface area contributed by atoms with E-state index in [2.05, 4.69) is 9.72 Å². The van der Waals surface area contributed by atoms with Crippen molar-refractivity contribution in [2.24, 2.45) is 0 Å². The van der Waals surface area contributed by atoms with Gasteiger partial charge in [-0.2, -0.15) is 0 Å². The summed E-state index contributed by atoms with van der Waals surface area (Å²) in [7, 11) is 2.71. The third-order valence-corrected chi connectivity index (χ3v) is 4.48. The lowest BCUT2D eigenvalue weighted by molar-refractivity contribution is -0.274. The number of aromatic nitrogens is 1. The maximum Gasteiger partial charge on any atom is 0.573 e. The van der Waals surface area contributed by atoms with Gasteiger partial charge in [0.05, 0.1) is 18.0 Å². The van der Waals surface area contributed by atoms with Crippen molar-refractivity contribution in [2.75, 3.05) is 19.1 Å². The first-order valence-electron chi connectivity index (χ1n) is 8.60. The number of aromatic amines is 1. The van der Waals surface area contributed by atoms with Crippen molar-refractivity contribution in [3.8, 4) is 17.2 Å². The summed E-state index contributed by atoms with van der Waals surface area (Å²) >= 11 is 0. The highest BCUT2D eigenvalue weighted by molar-refractivity contribution is 6.11. The average molecular weight is 422 g/mol. The summed E-state index contributed by atoms with van der Waals surface area (Å²) in [6.45, 7) is 1.74. The predicted molar refractivity (Wildman–Crippen MR) is 103 cm³/mol. The summed E-state index contributed by atoms with van der Waals surface area (Å²) in [5, 5.41) is 10.9. The maximum absolute atomic E-state index is 12.9. The lowest BCUT2D eigenvalue weighted by atomic mass is 10.1. The third kappa shape index (κ3) is 3.88. The summed E-state index contributed by atoms with van der Waals surface area (Å²) in [6.07, 6.45) is -4.84. The first kappa shape index (κ1) is 21.0. The Morgan fingerprint density at radius 2 is 1.77 bits per heavy atom. The van der Waals surface area contributed by atoms with Crippen LogP contribution in [0, 0.1) is 6.92 Å². The summed E-state index contributed by atoms with van der Waals surface area (Å²) in [4.78, 5) is 29.0. The van der Waals surface area contributed by atoms with E-state index in [0.717, 1.165) is 17.0 Å². The number of alkyl halides is 3. The number of H-pyrrole nitrogens is 1. The molecule has 158 valence electrons. The molecule has 3 rings (SSSR count). The van der Waals surface area contributed by atoms with Crippen LogP contribution in [0.15, 0.2) is 41.2 Å². The molecule has 2 N–H and O–H groups in total. The second kappa shape index (κ2) is 7.62. The Labute approximate surface area is 168 Å². The molecule has 1 aromatic heterocycles. The average Bonchev–Trinajstić information content (AvgIpc) is 2.67. The number of hydrogen-bond acceptors (Lipinski definition) is 5. The van der Waals surface area contributed by atoms with Crippen LogP contribution >= 0.6 is 0 Å². The summed E-state index contributed by atoms with van der Waals surface area (Å²) in [5.74, 6) is -1.57. The Kier molecular flexibility index (Phi) is 5.34. The summed E-state index contributed by atoms with van der Waals surface area (Å²) in [5.41, 5.74) is -0.193. The number of amides is 1. The number of rotatable bonds is 4. The molecule has 2 aromatic carbocycles. The summed E-state index contributed by atoms with van der Waals surface area (Å²) in [6, 6.07) is 7.76. The minimum atomic E-state index is -4.84. The minimum absolute atomic E-state index is 0.169. The quantitative estimate of drug-likeness (QED) is 0.669. The minimum Gasteiger partial charge on any atom is -0.506 e. The zero-order valence-electron chi connectivity index (χ0n) is 16.1. The number of benzene rings is 2. The molecule has 0 aliphatic rings. The van der Waals surface area contributed by atoms with Crippen molar-refractivity contribution in [1.82, 2.24) is 4.98 Å². The largest absolute Gasteiger partial charge is 0.573 e. The Morgan fingerprint density at radius 1 is 1.13 bits per heavy atom. The van der Waals surface area contributed by atoms with E-state index >= 15 is 0 Å². The van der Waals surface area contributed by atoms with Gasteiger partial charge in [0.2, 0.25) is 0 Å². The number of carbonyl (C=O) groups excluding carboxylic acids is 1. The van der Waals surface area contributed by atoms with Crippen LogP contribution < -0.4 is 19.9 Å². The van der Waals surface area contributed by atoms with Crippen LogP contribution in [0.1, 0.15) is 15.9 Å². The first-order valence-corrected chi connectivity index (χ1v) is 8.60. The summed E-state index contributed by atoms with van der Waals surface area (Å²) < 4.78 is 46.0. The molecular weight excluding hydrogens is 405 g/mol. The Balaban J connectivity index is 2.03. The number of anilines is 1. The second-order valence-electron chi connectivity index (χ2n) is 6.42. The van der Waals surface area contributed by atoms with Crippen molar-refractivity contribution in [1.29, 1.82) is 0 Å². The number of ether oxygens (including phenoxy) is 2. The molecule has 10 heteroatoms. The van der Waals surface area contributed by atoms with Crippen LogP contribution in [-0.2, 0) is 0 Å². The SMILES string of the molecule is COc1c(C)ccc2[nH]c(=O)c(C(=O)N(C)c3ccc(OC(F)(F)F)cc3)c(O)c12. The fraction of sp³-hybridized carbons (Fsp3) is 0.200. The van der Waals surface area contributed by atoms with Gasteiger partial charge in [0.15, 0.2) is 0 Å². The van der Waals surface area contributed by atoms with Gasteiger partial charge in [-0.25, -0.2) is 0 Å². The Bertz CT molecular complexity index is 1170. The molecular formula is C20H17F3N2O5. The number of aryl methyl sites for hydroxylation is 1. The zero-order chi connectivity index (χ0) is 22.2. The molecule has 7 nitrogen and oxygen atoms in total. The van der Waals surface area contributed by atoms with Crippen LogP contribution in [0.4, 0.5) is 18.9 Å². The van der Waals surface area contributed by atoms with E-state index in [1.165, 1.54) is 26.3 Å². The predicted octanol–water partition coefficient (Wildman–Crippen LogP) is 3.73. The molecule has 3 aromatic rings. The lowest BCUT2D eigenvalue weighted by Crippen LogP contribution is -2.31. The van der Waals surface area contributed by atoms with Gasteiger partial charge >= 0.3 is 6.36 Å². The number of fused-ring (bicyclic) bond motifs is 1. The number of halogens is 3. The number of aromatic hydroxyl groups is 1. The van der Waals surface area contributed by atoms with E-state index < -0.39 is 34.9 Å². The van der Waals surface area contributed by atoms with E-state index in [1.54, 1.807) is 19.1 Å². The third-order valence-electron chi connectivity index (χ3n) is 4.48. The van der Waals surface area contributed by atoms with Crippen molar-refractivity contribution in [2.45, 2.75) is 13.3 Å². The maximum atomic E-state index is 12.9. The van der Waals surface area contributed by atoms with Crippen molar-refractivity contribution in [3.63, 3.8) is 0 Å². The number of carbonyl (C=O) groups is 1. The fourth-order valence-corrected chi connectivity index (χ4v) is 3.06. The smallest absolute Gasteiger partial charge is 0.506 e. The van der Waals surface area contributed by atoms with Crippen LogP contribution in [0.5, 0.6) is 17.2 Å².